The molecule has 0 amide bonds. The highest BCUT2D eigenvalue weighted by atomic mass is 79.9. The lowest BCUT2D eigenvalue weighted by molar-refractivity contribution is 0.478. The molecule has 2 aromatic rings. The molecule has 0 atom stereocenters. The van der Waals surface area contributed by atoms with E-state index in [1.165, 1.54) is 12.1 Å². The number of alkyl halides is 2. The fraction of sp³-hybridized carbons (Fsp3) is 0.250. The van der Waals surface area contributed by atoms with E-state index in [-0.39, 0.29) is 29.8 Å². The van der Waals surface area contributed by atoms with Gasteiger partial charge in [-0.25, -0.2) is 8.78 Å². The molecule has 0 aliphatic heterocycles. The van der Waals surface area contributed by atoms with E-state index in [0.717, 1.165) is 4.47 Å². The molecule has 0 unspecified atom stereocenters. The monoisotopic (exact) mass is 392 g/mol. The number of hydrogen-bond acceptors (Lipinski definition) is 0. The largest absolute Gasteiger partial charge is 0.207 e. The molecule has 21 heavy (non-hydrogen) atoms. The third-order valence-corrected chi connectivity index (χ3v) is 5.01. The second-order valence-corrected chi connectivity index (χ2v) is 6.39. The Hall–Kier alpha value is -0.640. The molecule has 0 heterocycles. The minimum atomic E-state index is -0.851. The number of hydrogen-bond donors (Lipinski definition) is 0. The Kier molecular flexibility index (Phi) is 5.64. The Morgan fingerprint density at radius 2 is 1.62 bits per heavy atom. The van der Waals surface area contributed by atoms with Gasteiger partial charge >= 0.3 is 0 Å². The van der Waals surface area contributed by atoms with E-state index in [0.29, 0.717) is 11.1 Å². The van der Waals surface area contributed by atoms with Crippen molar-refractivity contribution in [1.29, 1.82) is 0 Å². The predicted octanol–water partition coefficient (Wildman–Crippen LogP) is 5.69. The summed E-state index contributed by atoms with van der Waals surface area (Å²) in [5.41, 5.74) is 0.0131. The first-order valence-electron chi connectivity index (χ1n) is 6.33. The molecule has 2 aromatic carbocycles. The normalized spacial score (nSPS) is 11.7. The summed E-state index contributed by atoms with van der Waals surface area (Å²) in [5.74, 6) is -0.532. The highest BCUT2D eigenvalue weighted by Gasteiger charge is 2.34. The third-order valence-electron chi connectivity index (χ3n) is 3.49. The number of rotatable bonds is 5. The van der Waals surface area contributed by atoms with Gasteiger partial charge in [-0.05, 0) is 41.8 Å². The Balaban J connectivity index is 2.48. The fourth-order valence-electron chi connectivity index (χ4n) is 2.30. The molecular formula is C16H13BrCl2F2. The Labute approximate surface area is 141 Å². The van der Waals surface area contributed by atoms with Crippen LogP contribution in [0.5, 0.6) is 0 Å². The van der Waals surface area contributed by atoms with Gasteiger partial charge in [0.15, 0.2) is 0 Å². The molecule has 0 fully saturated rings. The van der Waals surface area contributed by atoms with Crippen LogP contribution in [-0.2, 0) is 11.8 Å². The minimum Gasteiger partial charge on any atom is -0.207 e. The lowest BCUT2D eigenvalue weighted by Crippen LogP contribution is -2.34. The Morgan fingerprint density at radius 3 is 2.24 bits per heavy atom. The van der Waals surface area contributed by atoms with Crippen LogP contribution in [0.3, 0.4) is 0 Å². The summed E-state index contributed by atoms with van der Waals surface area (Å²) < 4.78 is 28.9. The lowest BCUT2D eigenvalue weighted by Gasteiger charge is -2.31. The quantitative estimate of drug-likeness (QED) is 0.572. The van der Waals surface area contributed by atoms with Crippen LogP contribution in [0.1, 0.15) is 11.1 Å². The van der Waals surface area contributed by atoms with Crippen LogP contribution < -0.4 is 0 Å². The highest BCUT2D eigenvalue weighted by Crippen LogP contribution is 2.34. The molecule has 0 aliphatic rings. The van der Waals surface area contributed by atoms with Gasteiger partial charge in [-0.15, -0.1) is 23.2 Å². The standard InChI is InChI=1S/C16H13BrCl2F2/c17-12-5-6-14(20)11(7-12)8-16(9-18,10-19)13-3-1-2-4-15(13)21/h1-7H,8-10H2. The van der Waals surface area contributed by atoms with Crippen LogP contribution in [0.15, 0.2) is 46.9 Å². The fourth-order valence-corrected chi connectivity index (χ4v) is 3.48. The molecular weight excluding hydrogens is 381 g/mol. The first-order valence-corrected chi connectivity index (χ1v) is 8.19. The topological polar surface area (TPSA) is 0 Å². The van der Waals surface area contributed by atoms with E-state index >= 15 is 0 Å². The second-order valence-electron chi connectivity index (χ2n) is 4.94. The predicted molar refractivity (Wildman–Crippen MR) is 87.3 cm³/mol. The van der Waals surface area contributed by atoms with Crippen LogP contribution in [0.2, 0.25) is 0 Å². The molecule has 0 aliphatic carbocycles. The maximum atomic E-state index is 14.1. The van der Waals surface area contributed by atoms with Crippen molar-refractivity contribution >= 4 is 39.1 Å². The average molecular weight is 394 g/mol. The highest BCUT2D eigenvalue weighted by molar-refractivity contribution is 9.10. The van der Waals surface area contributed by atoms with Gasteiger partial charge in [0, 0.05) is 21.6 Å². The molecule has 0 nitrogen and oxygen atoms in total. The summed E-state index contributed by atoms with van der Waals surface area (Å²) in [6.45, 7) is 0. The zero-order valence-electron chi connectivity index (χ0n) is 11.1. The van der Waals surface area contributed by atoms with Gasteiger partial charge in [-0.1, -0.05) is 34.1 Å². The Bertz CT molecular complexity index is 627. The molecule has 0 bridgehead atoms. The summed E-state index contributed by atoms with van der Waals surface area (Å²) >= 11 is 15.5. The number of benzene rings is 2. The van der Waals surface area contributed by atoms with Crippen LogP contribution in [0, 0.1) is 11.6 Å². The minimum absolute atomic E-state index is 0.101. The molecule has 0 aromatic heterocycles. The van der Waals surface area contributed by atoms with Crippen LogP contribution >= 0.6 is 39.1 Å². The molecule has 0 radical (unpaired) electrons. The van der Waals surface area contributed by atoms with E-state index < -0.39 is 5.41 Å². The molecule has 0 N–H and O–H groups in total. The Morgan fingerprint density at radius 1 is 0.952 bits per heavy atom. The average Bonchev–Trinajstić information content (AvgIpc) is 2.49. The van der Waals surface area contributed by atoms with E-state index in [1.807, 2.05) is 0 Å². The summed E-state index contributed by atoms with van der Waals surface area (Å²) in [4.78, 5) is 0. The van der Waals surface area contributed by atoms with Crippen molar-refractivity contribution in [3.8, 4) is 0 Å². The van der Waals surface area contributed by atoms with E-state index in [9.17, 15) is 8.78 Å². The van der Waals surface area contributed by atoms with Gasteiger partial charge < -0.3 is 0 Å². The van der Waals surface area contributed by atoms with Gasteiger partial charge in [0.2, 0.25) is 0 Å². The van der Waals surface area contributed by atoms with Crippen LogP contribution in [0.25, 0.3) is 0 Å². The van der Waals surface area contributed by atoms with Gasteiger partial charge in [-0.3, -0.25) is 0 Å². The van der Waals surface area contributed by atoms with Gasteiger partial charge in [-0.2, -0.15) is 0 Å². The summed E-state index contributed by atoms with van der Waals surface area (Å²) in [7, 11) is 0. The third kappa shape index (κ3) is 3.58. The zero-order valence-corrected chi connectivity index (χ0v) is 14.2. The summed E-state index contributed by atoms with van der Waals surface area (Å²) in [6, 6.07) is 11.0. The van der Waals surface area contributed by atoms with Crippen molar-refractivity contribution in [3.63, 3.8) is 0 Å². The lowest BCUT2D eigenvalue weighted by atomic mass is 9.78. The van der Waals surface area contributed by atoms with Crippen molar-refractivity contribution < 1.29 is 8.78 Å². The molecule has 5 heteroatoms. The molecule has 112 valence electrons. The van der Waals surface area contributed by atoms with E-state index in [2.05, 4.69) is 15.9 Å². The smallest absolute Gasteiger partial charge is 0.127 e. The van der Waals surface area contributed by atoms with Crippen LogP contribution in [-0.4, -0.2) is 11.8 Å². The maximum Gasteiger partial charge on any atom is 0.127 e. The molecule has 0 spiro atoms. The summed E-state index contributed by atoms with van der Waals surface area (Å²) in [5, 5.41) is 0. The van der Waals surface area contributed by atoms with E-state index in [4.69, 9.17) is 23.2 Å². The van der Waals surface area contributed by atoms with E-state index in [1.54, 1.807) is 30.3 Å². The van der Waals surface area contributed by atoms with Crippen LogP contribution in [0.4, 0.5) is 8.78 Å². The van der Waals surface area contributed by atoms with Crippen molar-refractivity contribution in [1.82, 2.24) is 0 Å². The SMILES string of the molecule is Fc1ccc(Br)cc1CC(CCl)(CCl)c1ccccc1F. The number of halogens is 5. The molecule has 0 saturated heterocycles. The first kappa shape index (κ1) is 16.7. The van der Waals surface area contributed by atoms with Gasteiger partial charge in [0.1, 0.15) is 11.6 Å². The van der Waals surface area contributed by atoms with Crippen molar-refractivity contribution in [2.45, 2.75) is 11.8 Å². The zero-order chi connectivity index (χ0) is 15.5. The van der Waals surface area contributed by atoms with Gasteiger partial charge in [0.05, 0.1) is 0 Å². The van der Waals surface area contributed by atoms with Gasteiger partial charge in [0.25, 0.3) is 0 Å². The second kappa shape index (κ2) is 7.08. The maximum absolute atomic E-state index is 14.1. The van der Waals surface area contributed by atoms with Crippen molar-refractivity contribution in [3.05, 3.63) is 69.7 Å². The molecule has 0 saturated carbocycles. The first-order chi connectivity index (χ1) is 10.0. The van der Waals surface area contributed by atoms with Crippen molar-refractivity contribution in [2.24, 2.45) is 0 Å². The van der Waals surface area contributed by atoms with Crippen molar-refractivity contribution in [2.75, 3.05) is 11.8 Å². The molecule has 2 rings (SSSR count). The summed E-state index contributed by atoms with van der Waals surface area (Å²) in [6.07, 6.45) is 0.228.